The maximum Gasteiger partial charge on any atom is 0.243 e. The summed E-state index contributed by atoms with van der Waals surface area (Å²) in [6.07, 6.45) is 1.56. The Bertz CT molecular complexity index is 387. The number of halogens is 1. The summed E-state index contributed by atoms with van der Waals surface area (Å²) in [5.41, 5.74) is 5.51. The number of amides is 1. The molecule has 1 aromatic heterocycles. The normalized spacial score (nSPS) is 13.3. The van der Waals surface area contributed by atoms with E-state index in [0.29, 0.717) is 10.8 Å². The highest BCUT2D eigenvalue weighted by atomic mass is 35.5. The van der Waals surface area contributed by atoms with Crippen LogP contribution in [0.2, 0.25) is 5.02 Å². The second-order valence-electron chi connectivity index (χ2n) is 4.67. The van der Waals surface area contributed by atoms with Gasteiger partial charge in [-0.2, -0.15) is 0 Å². The molecule has 0 aliphatic carbocycles. The first-order chi connectivity index (χ1) is 7.32. The van der Waals surface area contributed by atoms with Crippen molar-refractivity contribution in [3.8, 4) is 0 Å². The quantitative estimate of drug-likeness (QED) is 0.833. The molecule has 0 aliphatic heterocycles. The molecule has 0 bridgehead atoms. The molecule has 1 heterocycles. The third-order valence-corrected chi connectivity index (χ3v) is 2.52. The maximum absolute atomic E-state index is 11.8. The Morgan fingerprint density at radius 1 is 1.56 bits per heavy atom. The highest BCUT2D eigenvalue weighted by Gasteiger charge is 2.27. The van der Waals surface area contributed by atoms with E-state index < -0.39 is 6.04 Å². The third kappa shape index (κ3) is 3.18. The lowest BCUT2D eigenvalue weighted by molar-refractivity contribution is -0.119. The molecule has 1 atom stereocenters. The molecule has 0 saturated heterocycles. The fourth-order valence-corrected chi connectivity index (χ4v) is 1.23. The van der Waals surface area contributed by atoms with Crippen molar-refractivity contribution in [3.63, 3.8) is 0 Å². The molecule has 0 spiro atoms. The van der Waals surface area contributed by atoms with Crippen LogP contribution in [-0.4, -0.2) is 16.9 Å². The van der Waals surface area contributed by atoms with Crippen molar-refractivity contribution in [3.05, 3.63) is 23.4 Å². The van der Waals surface area contributed by atoms with Crippen molar-refractivity contribution in [1.29, 1.82) is 0 Å². The molecule has 1 rings (SSSR count). The number of carbonyl (C=O) groups is 1. The van der Waals surface area contributed by atoms with Gasteiger partial charge in [0.05, 0.1) is 11.1 Å². The molecule has 88 valence electrons. The molecule has 16 heavy (non-hydrogen) atoms. The van der Waals surface area contributed by atoms with Crippen molar-refractivity contribution < 1.29 is 4.79 Å². The van der Waals surface area contributed by atoms with Gasteiger partial charge in [0.1, 0.15) is 0 Å². The highest BCUT2D eigenvalue weighted by molar-refractivity contribution is 6.33. The van der Waals surface area contributed by atoms with E-state index in [1.807, 2.05) is 20.8 Å². The van der Waals surface area contributed by atoms with E-state index in [0.717, 1.165) is 0 Å². The SMILES string of the molecule is CC(C)(C)[C@@H](N)C(=O)Nc1ncccc1Cl. The van der Waals surface area contributed by atoms with E-state index in [-0.39, 0.29) is 11.3 Å². The number of rotatable bonds is 2. The minimum atomic E-state index is -0.606. The lowest BCUT2D eigenvalue weighted by atomic mass is 9.87. The Labute approximate surface area is 100 Å². The van der Waals surface area contributed by atoms with Crippen LogP contribution in [0.5, 0.6) is 0 Å². The molecule has 0 fully saturated rings. The highest BCUT2D eigenvalue weighted by Crippen LogP contribution is 2.21. The van der Waals surface area contributed by atoms with Crippen molar-refractivity contribution in [2.75, 3.05) is 5.32 Å². The van der Waals surface area contributed by atoms with Crippen LogP contribution >= 0.6 is 11.6 Å². The summed E-state index contributed by atoms with van der Waals surface area (Å²) in [6.45, 7) is 5.70. The summed E-state index contributed by atoms with van der Waals surface area (Å²) < 4.78 is 0. The molecule has 0 unspecified atom stereocenters. The monoisotopic (exact) mass is 241 g/mol. The lowest BCUT2D eigenvalue weighted by Crippen LogP contribution is -2.45. The Hall–Kier alpha value is -1.13. The lowest BCUT2D eigenvalue weighted by Gasteiger charge is -2.25. The molecule has 0 aromatic carbocycles. The van der Waals surface area contributed by atoms with Gasteiger partial charge in [-0.05, 0) is 17.5 Å². The number of hydrogen-bond donors (Lipinski definition) is 2. The number of pyridine rings is 1. The zero-order valence-electron chi connectivity index (χ0n) is 9.62. The summed E-state index contributed by atoms with van der Waals surface area (Å²) in [5, 5.41) is 3.01. The van der Waals surface area contributed by atoms with Crippen LogP contribution < -0.4 is 11.1 Å². The van der Waals surface area contributed by atoms with Gasteiger partial charge >= 0.3 is 0 Å². The Balaban J connectivity index is 2.76. The number of carbonyl (C=O) groups excluding carboxylic acids is 1. The Morgan fingerprint density at radius 2 is 2.19 bits per heavy atom. The fraction of sp³-hybridized carbons (Fsp3) is 0.455. The smallest absolute Gasteiger partial charge is 0.243 e. The third-order valence-electron chi connectivity index (χ3n) is 2.22. The molecular formula is C11H16ClN3O. The van der Waals surface area contributed by atoms with E-state index >= 15 is 0 Å². The van der Waals surface area contributed by atoms with Crippen LogP contribution in [0.25, 0.3) is 0 Å². The molecule has 1 amide bonds. The van der Waals surface area contributed by atoms with Gasteiger partial charge in [0.2, 0.25) is 5.91 Å². The standard InChI is InChI=1S/C11H16ClN3O/c1-11(2,3)8(13)10(16)15-9-7(12)5-4-6-14-9/h4-6,8H,13H2,1-3H3,(H,14,15,16)/t8-/m0/s1. The predicted molar refractivity (Wildman–Crippen MR) is 65.3 cm³/mol. The molecule has 4 nitrogen and oxygen atoms in total. The van der Waals surface area contributed by atoms with Crippen LogP contribution in [0.1, 0.15) is 20.8 Å². The molecular weight excluding hydrogens is 226 g/mol. The van der Waals surface area contributed by atoms with Gasteiger partial charge in [-0.15, -0.1) is 0 Å². The molecule has 3 N–H and O–H groups in total. The molecule has 1 aromatic rings. The van der Waals surface area contributed by atoms with Crippen molar-refractivity contribution >= 4 is 23.3 Å². The van der Waals surface area contributed by atoms with E-state index in [1.165, 1.54) is 0 Å². The minimum absolute atomic E-state index is 0.284. The number of nitrogens with zero attached hydrogens (tertiary/aromatic N) is 1. The van der Waals surface area contributed by atoms with Gasteiger partial charge < -0.3 is 11.1 Å². The van der Waals surface area contributed by atoms with E-state index in [4.69, 9.17) is 17.3 Å². The molecule has 0 aliphatic rings. The zero-order valence-corrected chi connectivity index (χ0v) is 10.4. The second kappa shape index (κ2) is 4.80. The van der Waals surface area contributed by atoms with E-state index in [1.54, 1.807) is 18.3 Å². The minimum Gasteiger partial charge on any atom is -0.319 e. The zero-order chi connectivity index (χ0) is 12.3. The average molecular weight is 242 g/mol. The van der Waals surface area contributed by atoms with Crippen LogP contribution in [0.4, 0.5) is 5.82 Å². The van der Waals surface area contributed by atoms with Crippen LogP contribution in [-0.2, 0) is 4.79 Å². The first kappa shape index (κ1) is 12.9. The molecule has 0 radical (unpaired) electrons. The van der Waals surface area contributed by atoms with Crippen LogP contribution in [0, 0.1) is 5.41 Å². The number of nitrogens with one attached hydrogen (secondary N) is 1. The number of nitrogens with two attached hydrogens (primary N) is 1. The van der Waals surface area contributed by atoms with Gasteiger partial charge in [-0.3, -0.25) is 4.79 Å². The summed E-state index contributed by atoms with van der Waals surface area (Å²) in [7, 11) is 0. The second-order valence-corrected chi connectivity index (χ2v) is 5.07. The Morgan fingerprint density at radius 3 is 2.69 bits per heavy atom. The van der Waals surface area contributed by atoms with Crippen molar-refractivity contribution in [2.24, 2.45) is 11.1 Å². The van der Waals surface area contributed by atoms with Gasteiger partial charge in [0.15, 0.2) is 5.82 Å². The fourth-order valence-electron chi connectivity index (χ4n) is 1.07. The Kier molecular flexibility index (Phi) is 3.88. The van der Waals surface area contributed by atoms with Crippen LogP contribution in [0.15, 0.2) is 18.3 Å². The van der Waals surface area contributed by atoms with Gasteiger partial charge in [-0.25, -0.2) is 4.98 Å². The number of aromatic nitrogens is 1. The maximum atomic E-state index is 11.8. The molecule has 0 saturated carbocycles. The number of hydrogen-bond acceptors (Lipinski definition) is 3. The predicted octanol–water partition coefficient (Wildman–Crippen LogP) is 2.05. The summed E-state index contributed by atoms with van der Waals surface area (Å²) >= 11 is 5.87. The first-order valence-corrected chi connectivity index (χ1v) is 5.37. The number of anilines is 1. The van der Waals surface area contributed by atoms with Gasteiger partial charge in [-0.1, -0.05) is 32.4 Å². The van der Waals surface area contributed by atoms with Crippen molar-refractivity contribution in [2.45, 2.75) is 26.8 Å². The van der Waals surface area contributed by atoms with Gasteiger partial charge in [0, 0.05) is 6.20 Å². The topological polar surface area (TPSA) is 68.0 Å². The summed E-state index contributed by atoms with van der Waals surface area (Å²) in [5.74, 6) is 0.0574. The largest absolute Gasteiger partial charge is 0.319 e. The van der Waals surface area contributed by atoms with E-state index in [2.05, 4.69) is 10.3 Å². The van der Waals surface area contributed by atoms with Crippen LogP contribution in [0.3, 0.4) is 0 Å². The summed E-state index contributed by atoms with van der Waals surface area (Å²) in [6, 6.07) is 2.75. The van der Waals surface area contributed by atoms with E-state index in [9.17, 15) is 4.79 Å². The molecule has 5 heteroatoms. The van der Waals surface area contributed by atoms with Gasteiger partial charge in [0.25, 0.3) is 0 Å². The van der Waals surface area contributed by atoms with Crippen molar-refractivity contribution in [1.82, 2.24) is 4.98 Å². The average Bonchev–Trinajstić information content (AvgIpc) is 2.19. The first-order valence-electron chi connectivity index (χ1n) is 4.99. The summed E-state index contributed by atoms with van der Waals surface area (Å²) in [4.78, 5) is 15.7.